The summed E-state index contributed by atoms with van der Waals surface area (Å²) >= 11 is 0. The molecule has 0 spiro atoms. The highest BCUT2D eigenvalue weighted by atomic mass is 16.5. The number of hydrogen-bond acceptors (Lipinski definition) is 7. The summed E-state index contributed by atoms with van der Waals surface area (Å²) in [6.07, 6.45) is 0.944. The van der Waals surface area contributed by atoms with E-state index in [-0.39, 0.29) is 13.0 Å². The maximum Gasteiger partial charge on any atom is 0.224 e. The van der Waals surface area contributed by atoms with Gasteiger partial charge in [-0.15, -0.1) is 0 Å². The number of nitrogens with zero attached hydrogens (tertiary/aromatic N) is 3. The van der Waals surface area contributed by atoms with Crippen molar-refractivity contribution in [3.63, 3.8) is 0 Å². The number of aromatic nitrogens is 2. The highest BCUT2D eigenvalue weighted by Crippen LogP contribution is 2.37. The topological polar surface area (TPSA) is 84.6 Å². The number of nitrogens with one attached hydrogen (secondary N) is 2. The summed E-state index contributed by atoms with van der Waals surface area (Å²) in [5.74, 6) is 2.20. The first-order valence-corrected chi connectivity index (χ1v) is 10.1. The average Bonchev–Trinajstić information content (AvgIpc) is 3.24. The van der Waals surface area contributed by atoms with Gasteiger partial charge in [0.1, 0.15) is 11.3 Å². The second-order valence-electron chi connectivity index (χ2n) is 6.51. The third kappa shape index (κ3) is 5.00. The molecule has 8 heteroatoms. The van der Waals surface area contributed by atoms with Crippen molar-refractivity contribution in [1.82, 2.24) is 14.5 Å². The Bertz CT molecular complexity index is 846. The van der Waals surface area contributed by atoms with Crippen molar-refractivity contribution < 1.29 is 14.2 Å². The van der Waals surface area contributed by atoms with Crippen LogP contribution in [0.1, 0.15) is 27.7 Å². The summed E-state index contributed by atoms with van der Waals surface area (Å²) in [5, 5.41) is 12.4. The summed E-state index contributed by atoms with van der Waals surface area (Å²) in [5.41, 5.74) is 0.907. The van der Waals surface area contributed by atoms with Gasteiger partial charge in [0.05, 0.1) is 26.9 Å². The van der Waals surface area contributed by atoms with Crippen molar-refractivity contribution in [2.75, 3.05) is 58.4 Å². The van der Waals surface area contributed by atoms with Gasteiger partial charge >= 0.3 is 0 Å². The summed E-state index contributed by atoms with van der Waals surface area (Å²) in [6, 6.07) is 3.92. The molecule has 1 fully saturated rings. The first kappa shape index (κ1) is 23.0. The monoisotopic (exact) mass is 405 g/mol. The molecule has 0 amide bonds. The third-order valence-corrected chi connectivity index (χ3v) is 4.91. The molecular formula is C21H35N5O3. The van der Waals surface area contributed by atoms with Gasteiger partial charge in [-0.2, -0.15) is 0 Å². The van der Waals surface area contributed by atoms with Gasteiger partial charge in [-0.1, -0.05) is 21.3 Å². The van der Waals surface area contributed by atoms with Crippen molar-refractivity contribution in [3.05, 3.63) is 17.8 Å². The zero-order valence-electron chi connectivity index (χ0n) is 17.1. The molecule has 2 aliphatic rings. The van der Waals surface area contributed by atoms with E-state index >= 15 is 0 Å². The maximum absolute atomic E-state index is 8.16. The molecule has 0 saturated carbocycles. The predicted molar refractivity (Wildman–Crippen MR) is 116 cm³/mol. The largest absolute Gasteiger partial charge is 0.491 e. The lowest BCUT2D eigenvalue weighted by atomic mass is 10.2. The molecule has 0 unspecified atom stereocenters. The first-order valence-electron chi connectivity index (χ1n) is 10.1. The molecule has 0 bridgehead atoms. The fraction of sp³-hybridized carbons (Fsp3) is 0.619. The third-order valence-electron chi connectivity index (χ3n) is 4.91. The highest BCUT2D eigenvalue weighted by Gasteiger charge is 2.19. The molecule has 2 aromatic rings. The van der Waals surface area contributed by atoms with E-state index in [0.29, 0.717) is 23.6 Å². The Morgan fingerprint density at radius 3 is 2.69 bits per heavy atom. The van der Waals surface area contributed by atoms with Crippen LogP contribution in [0.15, 0.2) is 12.1 Å². The van der Waals surface area contributed by atoms with E-state index in [1.165, 1.54) is 0 Å². The summed E-state index contributed by atoms with van der Waals surface area (Å²) in [6.45, 7) is 10.8. The Balaban J connectivity index is 0.000000970. The SMILES string of the molecule is C.CC.COc1c(OCCCN2CCOCC2)ccc2c3n(c(=N)nc12)CCN3. The van der Waals surface area contributed by atoms with Gasteiger partial charge in [-0.25, -0.2) is 4.98 Å². The van der Waals surface area contributed by atoms with E-state index in [1.807, 2.05) is 30.5 Å². The quantitative estimate of drug-likeness (QED) is 0.719. The Morgan fingerprint density at radius 2 is 1.97 bits per heavy atom. The Hall–Kier alpha value is -2.32. The molecule has 0 aliphatic carbocycles. The van der Waals surface area contributed by atoms with E-state index in [0.717, 1.165) is 63.6 Å². The van der Waals surface area contributed by atoms with Gasteiger partial charge in [-0.3, -0.25) is 14.9 Å². The standard InChI is InChI=1S/C18H25N5O3.C2H6.CH4/c1-24-16-14(26-10-2-6-22-8-11-25-12-9-22)4-3-13-15(16)21-18(19)23-7-5-20-17(13)23;1-2;/h3-4,19-20H,2,5-12H2,1H3;1-2H3;1H4. The zero-order valence-corrected chi connectivity index (χ0v) is 17.1. The van der Waals surface area contributed by atoms with E-state index in [9.17, 15) is 0 Å². The molecule has 1 saturated heterocycles. The molecule has 3 heterocycles. The smallest absolute Gasteiger partial charge is 0.224 e. The number of anilines is 1. The molecule has 2 N–H and O–H groups in total. The normalized spacial score (nSPS) is 15.6. The number of morpholine rings is 1. The molecule has 1 aromatic carbocycles. The minimum Gasteiger partial charge on any atom is -0.491 e. The molecule has 0 radical (unpaired) electrons. The van der Waals surface area contributed by atoms with Gasteiger partial charge < -0.3 is 19.5 Å². The number of rotatable bonds is 6. The fourth-order valence-electron chi connectivity index (χ4n) is 3.57. The van der Waals surface area contributed by atoms with Gasteiger partial charge in [-0.05, 0) is 18.6 Å². The lowest BCUT2D eigenvalue weighted by Gasteiger charge is -2.26. The minimum atomic E-state index is 0. The minimum absolute atomic E-state index is 0. The lowest BCUT2D eigenvalue weighted by molar-refractivity contribution is 0.0357. The van der Waals surface area contributed by atoms with E-state index < -0.39 is 0 Å². The number of hydrogen-bond donors (Lipinski definition) is 2. The molecule has 0 atom stereocenters. The first-order chi connectivity index (χ1) is 13.8. The van der Waals surface area contributed by atoms with Crippen molar-refractivity contribution in [2.45, 2.75) is 34.2 Å². The predicted octanol–water partition coefficient (Wildman–Crippen LogP) is 2.71. The van der Waals surface area contributed by atoms with E-state index in [2.05, 4.69) is 15.2 Å². The fourth-order valence-corrected chi connectivity index (χ4v) is 3.57. The van der Waals surface area contributed by atoms with E-state index in [4.69, 9.17) is 19.6 Å². The number of benzene rings is 1. The van der Waals surface area contributed by atoms with Crippen LogP contribution in [0.2, 0.25) is 0 Å². The van der Waals surface area contributed by atoms with Crippen LogP contribution in [0.4, 0.5) is 5.82 Å². The van der Waals surface area contributed by atoms with Gasteiger partial charge in [0.2, 0.25) is 5.62 Å². The van der Waals surface area contributed by atoms with Gasteiger partial charge in [0.15, 0.2) is 11.5 Å². The van der Waals surface area contributed by atoms with Crippen molar-refractivity contribution >= 4 is 16.7 Å². The van der Waals surface area contributed by atoms with Gasteiger partial charge in [0, 0.05) is 38.1 Å². The van der Waals surface area contributed by atoms with Crippen LogP contribution in [0, 0.1) is 5.41 Å². The highest BCUT2D eigenvalue weighted by molar-refractivity contribution is 5.95. The molecule has 4 rings (SSSR count). The summed E-state index contributed by atoms with van der Waals surface area (Å²) in [4.78, 5) is 6.84. The van der Waals surface area contributed by atoms with Crippen LogP contribution in [0.25, 0.3) is 10.9 Å². The maximum atomic E-state index is 8.16. The van der Waals surface area contributed by atoms with Crippen LogP contribution < -0.4 is 20.4 Å². The second-order valence-corrected chi connectivity index (χ2v) is 6.51. The molecule has 162 valence electrons. The van der Waals surface area contributed by atoms with E-state index in [1.54, 1.807) is 7.11 Å². The van der Waals surface area contributed by atoms with Crippen LogP contribution >= 0.6 is 0 Å². The molecule has 1 aromatic heterocycles. The number of methoxy groups -OCH3 is 1. The molecule has 29 heavy (non-hydrogen) atoms. The number of ether oxygens (including phenoxy) is 3. The van der Waals surface area contributed by atoms with Crippen molar-refractivity contribution in [2.24, 2.45) is 0 Å². The second kappa shape index (κ2) is 11.0. The van der Waals surface area contributed by atoms with Crippen LogP contribution in [0.3, 0.4) is 0 Å². The van der Waals surface area contributed by atoms with Crippen molar-refractivity contribution in [1.29, 1.82) is 5.41 Å². The van der Waals surface area contributed by atoms with Crippen LogP contribution in [0.5, 0.6) is 11.5 Å². The van der Waals surface area contributed by atoms with Crippen LogP contribution in [-0.4, -0.2) is 67.6 Å². The molecular weight excluding hydrogens is 370 g/mol. The lowest BCUT2D eigenvalue weighted by Crippen LogP contribution is -2.37. The van der Waals surface area contributed by atoms with Crippen molar-refractivity contribution in [3.8, 4) is 11.5 Å². The Kier molecular flexibility index (Phi) is 8.72. The average molecular weight is 406 g/mol. The summed E-state index contributed by atoms with van der Waals surface area (Å²) < 4.78 is 18.8. The summed E-state index contributed by atoms with van der Waals surface area (Å²) in [7, 11) is 1.62. The Labute approximate surface area is 173 Å². The van der Waals surface area contributed by atoms with Crippen LogP contribution in [-0.2, 0) is 11.3 Å². The number of fused-ring (bicyclic) bond motifs is 3. The molecule has 2 aliphatic heterocycles. The Morgan fingerprint density at radius 1 is 1.21 bits per heavy atom. The van der Waals surface area contributed by atoms with Gasteiger partial charge in [0.25, 0.3) is 0 Å². The molecule has 8 nitrogen and oxygen atoms in total. The zero-order chi connectivity index (χ0) is 19.9.